The molecule has 4 rings (SSSR count). The largest absolute Gasteiger partial charge is 0.481 e. The Morgan fingerprint density at radius 1 is 1.20 bits per heavy atom. The number of methoxy groups -OCH3 is 1. The molecule has 0 radical (unpaired) electrons. The summed E-state index contributed by atoms with van der Waals surface area (Å²) in [5, 5.41) is 8.96. The van der Waals surface area contributed by atoms with Gasteiger partial charge in [0.05, 0.1) is 24.6 Å². The number of nitriles is 1. The average molecular weight is 409 g/mol. The van der Waals surface area contributed by atoms with E-state index in [9.17, 15) is 9.18 Å². The molecule has 7 nitrogen and oxygen atoms in total. The van der Waals surface area contributed by atoms with Gasteiger partial charge in [0.2, 0.25) is 11.8 Å². The minimum atomic E-state index is -0.862. The number of nitrogens with zero attached hydrogens (tertiary/aromatic N) is 5. The molecule has 1 amide bonds. The Labute approximate surface area is 171 Å². The molecule has 0 aliphatic carbocycles. The van der Waals surface area contributed by atoms with Crippen LogP contribution in [0.15, 0.2) is 36.5 Å². The fourth-order valence-electron chi connectivity index (χ4n) is 3.41. The molecule has 1 saturated heterocycles. The molecule has 0 unspecified atom stereocenters. The summed E-state index contributed by atoms with van der Waals surface area (Å²) in [4.78, 5) is 22.7. The summed E-state index contributed by atoms with van der Waals surface area (Å²) in [6, 6.07) is 8.69. The third-order valence-corrected chi connectivity index (χ3v) is 4.95. The first-order valence-electron chi connectivity index (χ1n) is 9.31. The molecule has 30 heavy (non-hydrogen) atoms. The standard InChI is InChI=1S/C21H17F2N5O2/c1-30-17-7-6-15(12-25-17)28-19(23)18(21(29)27-8-2-3-9-27)26-20(28)13-4-5-14(11-24)16(22)10-13/h4-7,10,12H,2-3,8-9H2,1H3. The van der Waals surface area contributed by atoms with Crippen molar-refractivity contribution in [2.45, 2.75) is 12.8 Å². The van der Waals surface area contributed by atoms with Crippen molar-refractivity contribution in [1.82, 2.24) is 19.4 Å². The number of carbonyl (C=O) groups excluding carboxylic acids is 1. The van der Waals surface area contributed by atoms with Crippen molar-refractivity contribution in [3.8, 4) is 29.0 Å². The Hall–Kier alpha value is -3.80. The summed E-state index contributed by atoms with van der Waals surface area (Å²) >= 11 is 0. The van der Waals surface area contributed by atoms with Crippen molar-refractivity contribution in [2.75, 3.05) is 20.2 Å². The van der Waals surface area contributed by atoms with E-state index in [1.165, 1.54) is 25.4 Å². The van der Waals surface area contributed by atoms with Gasteiger partial charge in [0.15, 0.2) is 5.69 Å². The molecule has 0 N–H and O–H groups in total. The van der Waals surface area contributed by atoms with Gasteiger partial charge in [-0.05, 0) is 37.1 Å². The number of rotatable bonds is 4. The first-order valence-corrected chi connectivity index (χ1v) is 9.31. The molecule has 1 aliphatic heterocycles. The highest BCUT2D eigenvalue weighted by molar-refractivity contribution is 5.93. The number of amides is 1. The summed E-state index contributed by atoms with van der Waals surface area (Å²) < 4.78 is 35.8. The van der Waals surface area contributed by atoms with E-state index in [0.29, 0.717) is 24.7 Å². The minimum absolute atomic E-state index is 0.0328. The number of likely N-dealkylation sites (tertiary alicyclic amines) is 1. The Morgan fingerprint density at radius 2 is 1.97 bits per heavy atom. The molecule has 1 aromatic carbocycles. The zero-order chi connectivity index (χ0) is 21.3. The lowest BCUT2D eigenvalue weighted by atomic mass is 10.1. The van der Waals surface area contributed by atoms with Crippen LogP contribution in [0.25, 0.3) is 17.1 Å². The predicted octanol–water partition coefficient (Wildman–Crippen LogP) is 3.33. The van der Waals surface area contributed by atoms with Gasteiger partial charge in [-0.25, -0.2) is 14.4 Å². The number of imidazole rings is 1. The van der Waals surface area contributed by atoms with E-state index in [2.05, 4.69) is 9.97 Å². The third-order valence-electron chi connectivity index (χ3n) is 4.95. The van der Waals surface area contributed by atoms with Gasteiger partial charge >= 0.3 is 0 Å². The molecule has 9 heteroatoms. The molecular weight excluding hydrogens is 392 g/mol. The van der Waals surface area contributed by atoms with E-state index >= 15 is 4.39 Å². The lowest BCUT2D eigenvalue weighted by Crippen LogP contribution is -2.28. The van der Waals surface area contributed by atoms with Gasteiger partial charge in [-0.3, -0.25) is 9.36 Å². The molecule has 1 fully saturated rings. The summed E-state index contributed by atoms with van der Waals surface area (Å²) in [6.45, 7) is 1.08. The minimum Gasteiger partial charge on any atom is -0.481 e. The monoisotopic (exact) mass is 409 g/mol. The molecule has 3 heterocycles. The summed E-state index contributed by atoms with van der Waals surface area (Å²) in [7, 11) is 1.46. The highest BCUT2D eigenvalue weighted by Crippen LogP contribution is 2.28. The number of carbonyl (C=O) groups is 1. The maximum atomic E-state index is 15.4. The fourth-order valence-corrected chi connectivity index (χ4v) is 3.41. The van der Waals surface area contributed by atoms with Crippen LogP contribution in [0.3, 0.4) is 0 Å². The SMILES string of the molecule is COc1ccc(-n2c(-c3ccc(C#N)c(F)c3)nc(C(=O)N3CCCC3)c2F)cn1. The Morgan fingerprint density at radius 3 is 2.57 bits per heavy atom. The zero-order valence-electron chi connectivity index (χ0n) is 16.1. The molecule has 1 aliphatic rings. The van der Waals surface area contributed by atoms with E-state index in [-0.39, 0.29) is 22.6 Å². The zero-order valence-corrected chi connectivity index (χ0v) is 16.1. The second kappa shape index (κ2) is 7.91. The van der Waals surface area contributed by atoms with E-state index in [4.69, 9.17) is 10.00 Å². The second-order valence-corrected chi connectivity index (χ2v) is 6.77. The van der Waals surface area contributed by atoms with Crippen LogP contribution >= 0.6 is 0 Å². The molecule has 3 aromatic rings. The molecule has 0 saturated carbocycles. The molecule has 0 atom stereocenters. The Balaban J connectivity index is 1.88. The molecule has 0 bridgehead atoms. The second-order valence-electron chi connectivity index (χ2n) is 6.77. The van der Waals surface area contributed by atoms with Gasteiger partial charge in [0.25, 0.3) is 5.91 Å². The maximum Gasteiger partial charge on any atom is 0.277 e. The van der Waals surface area contributed by atoms with Crippen molar-refractivity contribution < 1.29 is 18.3 Å². The van der Waals surface area contributed by atoms with Crippen molar-refractivity contribution in [3.63, 3.8) is 0 Å². The van der Waals surface area contributed by atoms with Crippen LogP contribution < -0.4 is 4.74 Å². The van der Waals surface area contributed by atoms with Gasteiger partial charge in [-0.1, -0.05) is 0 Å². The van der Waals surface area contributed by atoms with Crippen molar-refractivity contribution in [1.29, 1.82) is 5.26 Å². The fraction of sp³-hybridized carbons (Fsp3) is 0.238. The van der Waals surface area contributed by atoms with E-state index in [1.807, 2.05) is 0 Å². The van der Waals surface area contributed by atoms with E-state index < -0.39 is 17.7 Å². The molecule has 0 spiro atoms. The van der Waals surface area contributed by atoms with E-state index in [1.54, 1.807) is 23.1 Å². The lowest BCUT2D eigenvalue weighted by molar-refractivity contribution is 0.0782. The van der Waals surface area contributed by atoms with Gasteiger partial charge in [-0.2, -0.15) is 9.65 Å². The summed E-state index contributed by atoms with van der Waals surface area (Å²) in [6.07, 6.45) is 3.07. The van der Waals surface area contributed by atoms with Crippen LogP contribution in [0.1, 0.15) is 28.9 Å². The van der Waals surface area contributed by atoms with Crippen LogP contribution in [0.5, 0.6) is 5.88 Å². The smallest absolute Gasteiger partial charge is 0.277 e. The number of pyridine rings is 1. The highest BCUT2D eigenvalue weighted by Gasteiger charge is 2.29. The van der Waals surface area contributed by atoms with Gasteiger partial charge in [0.1, 0.15) is 17.7 Å². The van der Waals surface area contributed by atoms with Gasteiger partial charge in [-0.15, -0.1) is 0 Å². The summed E-state index contributed by atoms with van der Waals surface area (Å²) in [5.41, 5.74) is 0.0343. The first kappa shape index (κ1) is 19.5. The van der Waals surface area contributed by atoms with Crippen molar-refractivity contribution in [2.24, 2.45) is 0 Å². The number of hydrogen-bond acceptors (Lipinski definition) is 5. The number of hydrogen-bond donors (Lipinski definition) is 0. The highest BCUT2D eigenvalue weighted by atomic mass is 19.1. The Bertz CT molecular complexity index is 1150. The van der Waals surface area contributed by atoms with Crippen LogP contribution in [0.2, 0.25) is 0 Å². The van der Waals surface area contributed by atoms with Gasteiger partial charge in [0, 0.05) is 24.7 Å². The first-order chi connectivity index (χ1) is 14.5. The number of halogens is 2. The predicted molar refractivity (Wildman–Crippen MR) is 103 cm³/mol. The van der Waals surface area contributed by atoms with Crippen molar-refractivity contribution in [3.05, 3.63) is 59.6 Å². The van der Waals surface area contributed by atoms with Crippen LogP contribution in [-0.2, 0) is 0 Å². The Kier molecular flexibility index (Phi) is 5.14. The quantitative estimate of drug-likeness (QED) is 0.660. The van der Waals surface area contributed by atoms with Crippen LogP contribution in [-0.4, -0.2) is 45.5 Å². The third kappa shape index (κ3) is 3.37. The van der Waals surface area contributed by atoms with Gasteiger partial charge < -0.3 is 9.64 Å². The number of benzene rings is 1. The van der Waals surface area contributed by atoms with Crippen LogP contribution in [0, 0.1) is 23.1 Å². The molecule has 2 aromatic heterocycles. The lowest BCUT2D eigenvalue weighted by Gasteiger charge is -2.13. The number of aromatic nitrogens is 3. The normalized spacial score (nSPS) is 13.3. The maximum absolute atomic E-state index is 15.4. The van der Waals surface area contributed by atoms with Crippen molar-refractivity contribution >= 4 is 5.91 Å². The van der Waals surface area contributed by atoms with Crippen LogP contribution in [0.4, 0.5) is 8.78 Å². The average Bonchev–Trinajstić information content (AvgIpc) is 3.42. The van der Waals surface area contributed by atoms with E-state index in [0.717, 1.165) is 23.5 Å². The number of ether oxygens (including phenoxy) is 1. The topological polar surface area (TPSA) is 84.0 Å². The summed E-state index contributed by atoms with van der Waals surface area (Å²) in [5.74, 6) is -1.77. The molecule has 152 valence electrons. The molecular formula is C21H17F2N5O2.